The minimum atomic E-state index is 0.242. The van der Waals surface area contributed by atoms with Crippen LogP contribution in [0, 0.1) is 5.92 Å². The molecule has 0 aliphatic carbocycles. The van der Waals surface area contributed by atoms with E-state index in [0.29, 0.717) is 5.92 Å². The van der Waals surface area contributed by atoms with E-state index in [1.807, 2.05) is 7.05 Å². The fourth-order valence-corrected chi connectivity index (χ4v) is 3.07. The average molecular weight is 342 g/mol. The number of nitrogens with zero attached hydrogens (tertiary/aromatic N) is 3. The summed E-state index contributed by atoms with van der Waals surface area (Å²) in [5, 5.41) is 6.80. The van der Waals surface area contributed by atoms with Crippen LogP contribution in [0.5, 0.6) is 0 Å². The molecule has 142 valence electrons. The van der Waals surface area contributed by atoms with Gasteiger partial charge in [0.15, 0.2) is 5.96 Å². The van der Waals surface area contributed by atoms with Gasteiger partial charge in [0, 0.05) is 39.8 Å². The Morgan fingerprint density at radius 1 is 1.29 bits per heavy atom. The Morgan fingerprint density at radius 3 is 2.67 bits per heavy atom. The number of guanidine groups is 1. The van der Waals surface area contributed by atoms with E-state index >= 15 is 0 Å². The number of rotatable bonds is 10. The van der Waals surface area contributed by atoms with Crippen LogP contribution in [0.25, 0.3) is 0 Å². The van der Waals surface area contributed by atoms with Gasteiger partial charge in [0.25, 0.3) is 0 Å². The van der Waals surface area contributed by atoms with Crippen molar-refractivity contribution in [2.75, 3.05) is 66.0 Å². The van der Waals surface area contributed by atoms with Crippen LogP contribution < -0.4 is 10.6 Å². The number of hydrogen-bond donors (Lipinski definition) is 2. The molecule has 1 rings (SSSR count). The molecule has 0 aromatic rings. The van der Waals surface area contributed by atoms with Crippen molar-refractivity contribution in [3.63, 3.8) is 0 Å². The van der Waals surface area contributed by atoms with Crippen LogP contribution in [0.15, 0.2) is 4.99 Å². The zero-order valence-corrected chi connectivity index (χ0v) is 16.5. The third-order valence-corrected chi connectivity index (χ3v) is 4.41. The molecule has 1 aliphatic heterocycles. The van der Waals surface area contributed by atoms with Crippen molar-refractivity contribution in [1.82, 2.24) is 20.4 Å². The standard InChI is InChI=1S/C18H39N5O/c1-6-22(7-2)10-8-9-20-18(19-5)21-13-17-15-23(11-12-24-17)14-16(3)4/h16-17H,6-15H2,1-5H3,(H2,19,20,21). The van der Waals surface area contributed by atoms with Gasteiger partial charge in [0.2, 0.25) is 0 Å². The lowest BCUT2D eigenvalue weighted by atomic mass is 10.2. The maximum atomic E-state index is 5.88. The molecule has 0 aromatic carbocycles. The normalized spacial score (nSPS) is 20.0. The lowest BCUT2D eigenvalue weighted by molar-refractivity contribution is -0.0284. The van der Waals surface area contributed by atoms with Gasteiger partial charge in [-0.05, 0) is 32.0 Å². The first-order valence-corrected chi connectivity index (χ1v) is 9.59. The molecule has 1 atom stereocenters. The zero-order valence-electron chi connectivity index (χ0n) is 16.5. The molecule has 24 heavy (non-hydrogen) atoms. The lowest BCUT2D eigenvalue weighted by Crippen LogP contribution is -2.50. The Labute approximate surface area is 149 Å². The van der Waals surface area contributed by atoms with Crippen molar-refractivity contribution in [2.24, 2.45) is 10.9 Å². The van der Waals surface area contributed by atoms with E-state index in [4.69, 9.17) is 4.74 Å². The summed E-state index contributed by atoms with van der Waals surface area (Å²) in [4.78, 5) is 9.25. The van der Waals surface area contributed by atoms with E-state index in [0.717, 1.165) is 71.3 Å². The SMILES string of the molecule is CCN(CC)CCCNC(=NC)NCC1CN(CC(C)C)CCO1. The molecule has 1 aliphatic rings. The molecule has 1 heterocycles. The molecule has 1 unspecified atom stereocenters. The number of ether oxygens (including phenoxy) is 1. The second-order valence-electron chi connectivity index (χ2n) is 6.91. The summed E-state index contributed by atoms with van der Waals surface area (Å²) in [5.41, 5.74) is 0. The van der Waals surface area contributed by atoms with Gasteiger partial charge in [0.05, 0.1) is 12.7 Å². The topological polar surface area (TPSA) is 52.1 Å². The maximum absolute atomic E-state index is 5.88. The van der Waals surface area contributed by atoms with Crippen LogP contribution in [0.1, 0.15) is 34.1 Å². The van der Waals surface area contributed by atoms with Gasteiger partial charge in [-0.25, -0.2) is 0 Å². The average Bonchev–Trinajstić information content (AvgIpc) is 2.57. The molecular formula is C18H39N5O. The van der Waals surface area contributed by atoms with Gasteiger partial charge in [-0.3, -0.25) is 9.89 Å². The molecule has 0 radical (unpaired) electrons. The quantitative estimate of drug-likeness (QED) is 0.356. The molecule has 6 heteroatoms. The van der Waals surface area contributed by atoms with E-state index in [9.17, 15) is 0 Å². The van der Waals surface area contributed by atoms with Crippen LogP contribution in [0.3, 0.4) is 0 Å². The molecule has 1 saturated heterocycles. The number of aliphatic imine (C=N–C) groups is 1. The Hall–Kier alpha value is -0.850. The van der Waals surface area contributed by atoms with Gasteiger partial charge < -0.3 is 20.3 Å². The van der Waals surface area contributed by atoms with Crippen molar-refractivity contribution < 1.29 is 4.74 Å². The molecule has 0 aromatic heterocycles. The highest BCUT2D eigenvalue weighted by molar-refractivity contribution is 5.79. The second-order valence-corrected chi connectivity index (χ2v) is 6.91. The zero-order chi connectivity index (χ0) is 17.8. The highest BCUT2D eigenvalue weighted by Gasteiger charge is 2.20. The third-order valence-electron chi connectivity index (χ3n) is 4.41. The van der Waals surface area contributed by atoms with Crippen LogP contribution in [0.2, 0.25) is 0 Å². The summed E-state index contributed by atoms with van der Waals surface area (Å²) in [6.45, 7) is 18.1. The molecule has 0 bridgehead atoms. The Morgan fingerprint density at radius 2 is 2.04 bits per heavy atom. The summed E-state index contributed by atoms with van der Waals surface area (Å²) in [7, 11) is 1.83. The van der Waals surface area contributed by atoms with Gasteiger partial charge in [0.1, 0.15) is 0 Å². The number of morpholine rings is 1. The predicted molar refractivity (Wildman–Crippen MR) is 103 cm³/mol. The maximum Gasteiger partial charge on any atom is 0.191 e. The highest BCUT2D eigenvalue weighted by atomic mass is 16.5. The van der Waals surface area contributed by atoms with Crippen molar-refractivity contribution in [2.45, 2.75) is 40.2 Å². The largest absolute Gasteiger partial charge is 0.374 e. The summed E-state index contributed by atoms with van der Waals surface area (Å²) < 4.78 is 5.88. The van der Waals surface area contributed by atoms with Crippen LogP contribution in [-0.2, 0) is 4.74 Å². The number of nitrogens with one attached hydrogen (secondary N) is 2. The molecule has 0 saturated carbocycles. The molecular weight excluding hydrogens is 302 g/mol. The Kier molecular flexibility index (Phi) is 11.0. The summed E-state index contributed by atoms with van der Waals surface area (Å²) in [6.07, 6.45) is 1.37. The van der Waals surface area contributed by atoms with Crippen molar-refractivity contribution in [3.8, 4) is 0 Å². The fourth-order valence-electron chi connectivity index (χ4n) is 3.07. The van der Waals surface area contributed by atoms with E-state index in [2.05, 4.69) is 53.1 Å². The molecule has 0 spiro atoms. The van der Waals surface area contributed by atoms with E-state index in [1.165, 1.54) is 0 Å². The molecule has 2 N–H and O–H groups in total. The summed E-state index contributed by atoms with van der Waals surface area (Å²) in [6, 6.07) is 0. The lowest BCUT2D eigenvalue weighted by Gasteiger charge is -2.34. The van der Waals surface area contributed by atoms with Crippen LogP contribution >= 0.6 is 0 Å². The molecule has 0 amide bonds. The predicted octanol–water partition coefficient (Wildman–Crippen LogP) is 1.24. The van der Waals surface area contributed by atoms with Crippen molar-refractivity contribution in [3.05, 3.63) is 0 Å². The monoisotopic (exact) mass is 341 g/mol. The summed E-state index contributed by atoms with van der Waals surface area (Å²) >= 11 is 0. The van der Waals surface area contributed by atoms with Gasteiger partial charge in [-0.1, -0.05) is 27.7 Å². The first-order chi connectivity index (χ1) is 11.6. The summed E-state index contributed by atoms with van der Waals surface area (Å²) in [5.74, 6) is 1.58. The van der Waals surface area contributed by atoms with Crippen molar-refractivity contribution >= 4 is 5.96 Å². The second kappa shape index (κ2) is 12.5. The molecule has 6 nitrogen and oxygen atoms in total. The molecule has 1 fully saturated rings. The van der Waals surface area contributed by atoms with Gasteiger partial charge in [-0.2, -0.15) is 0 Å². The third kappa shape index (κ3) is 8.85. The van der Waals surface area contributed by atoms with E-state index in [1.54, 1.807) is 0 Å². The Bertz CT molecular complexity index is 344. The highest BCUT2D eigenvalue weighted by Crippen LogP contribution is 2.07. The van der Waals surface area contributed by atoms with Gasteiger partial charge in [-0.15, -0.1) is 0 Å². The van der Waals surface area contributed by atoms with E-state index < -0.39 is 0 Å². The minimum absolute atomic E-state index is 0.242. The first kappa shape index (κ1) is 21.2. The Balaban J connectivity index is 2.21. The first-order valence-electron chi connectivity index (χ1n) is 9.59. The van der Waals surface area contributed by atoms with Gasteiger partial charge >= 0.3 is 0 Å². The smallest absolute Gasteiger partial charge is 0.191 e. The van der Waals surface area contributed by atoms with Crippen LogP contribution in [0.4, 0.5) is 0 Å². The van der Waals surface area contributed by atoms with E-state index in [-0.39, 0.29) is 6.10 Å². The van der Waals surface area contributed by atoms with Crippen LogP contribution in [-0.4, -0.2) is 87.9 Å². The van der Waals surface area contributed by atoms with Crippen molar-refractivity contribution in [1.29, 1.82) is 0 Å². The fraction of sp³-hybridized carbons (Fsp3) is 0.944. The number of hydrogen-bond acceptors (Lipinski definition) is 4. The minimum Gasteiger partial charge on any atom is -0.374 e.